The van der Waals surface area contributed by atoms with Crippen LogP contribution in [0.3, 0.4) is 0 Å². The van der Waals surface area contributed by atoms with Crippen LogP contribution in [0.25, 0.3) is 0 Å². The molecule has 0 aliphatic heterocycles. The number of rotatable bonds is 6. The largest absolute Gasteiger partial charge is 0.316 e. The van der Waals surface area contributed by atoms with Crippen molar-refractivity contribution < 1.29 is 18.1 Å². The Hall–Kier alpha value is -3.43. The summed E-state index contributed by atoms with van der Waals surface area (Å²) >= 11 is 6.09. The van der Waals surface area contributed by atoms with Crippen molar-refractivity contribution >= 4 is 44.6 Å². The summed E-state index contributed by atoms with van der Waals surface area (Å²) < 4.78 is 28.2. The highest BCUT2D eigenvalue weighted by Crippen LogP contribution is 2.28. The van der Waals surface area contributed by atoms with Crippen LogP contribution in [0.15, 0.2) is 65.6 Å². The third-order valence-corrected chi connectivity index (χ3v) is 6.45. The molecule has 0 saturated heterocycles. The Kier molecular flexibility index (Phi) is 6.28. The smallest absolute Gasteiger partial charge is 0.292 e. The van der Waals surface area contributed by atoms with Gasteiger partial charge < -0.3 is 5.32 Å². The molecule has 2 N–H and O–H groups in total. The fourth-order valence-electron chi connectivity index (χ4n) is 2.80. The topological polar surface area (TPSA) is 118 Å². The van der Waals surface area contributed by atoms with E-state index in [1.807, 2.05) is 13.8 Å². The van der Waals surface area contributed by atoms with E-state index in [2.05, 4.69) is 10.0 Å². The number of nitro groups is 1. The molecule has 1 amide bonds. The van der Waals surface area contributed by atoms with Crippen LogP contribution in [-0.2, 0) is 10.0 Å². The Labute approximate surface area is 184 Å². The number of nitrogens with zero attached hydrogens (tertiary/aromatic N) is 1. The van der Waals surface area contributed by atoms with E-state index in [1.54, 1.807) is 18.2 Å². The number of amides is 1. The predicted octanol–water partition coefficient (Wildman–Crippen LogP) is 4.92. The van der Waals surface area contributed by atoms with Gasteiger partial charge in [-0.2, -0.15) is 0 Å². The zero-order valence-electron chi connectivity index (χ0n) is 16.5. The maximum atomic E-state index is 12.9. The fourth-order valence-corrected chi connectivity index (χ4v) is 4.37. The molecule has 31 heavy (non-hydrogen) atoms. The summed E-state index contributed by atoms with van der Waals surface area (Å²) in [5.74, 6) is -0.714. The van der Waals surface area contributed by atoms with Crippen LogP contribution >= 0.6 is 11.6 Å². The number of hydrogen-bond acceptors (Lipinski definition) is 5. The van der Waals surface area contributed by atoms with Crippen LogP contribution in [0, 0.1) is 24.0 Å². The molecule has 0 saturated carbocycles. The van der Waals surface area contributed by atoms with Gasteiger partial charge >= 0.3 is 0 Å². The van der Waals surface area contributed by atoms with Crippen LogP contribution in [0.5, 0.6) is 0 Å². The second kappa shape index (κ2) is 8.75. The summed E-state index contributed by atoms with van der Waals surface area (Å²) in [5.41, 5.74) is 1.95. The molecule has 0 atom stereocenters. The lowest BCUT2D eigenvalue weighted by molar-refractivity contribution is -0.383. The van der Waals surface area contributed by atoms with E-state index < -0.39 is 20.9 Å². The van der Waals surface area contributed by atoms with Gasteiger partial charge in [0.1, 0.15) is 10.6 Å². The average Bonchev–Trinajstić information content (AvgIpc) is 2.71. The molecule has 0 spiro atoms. The first kappa shape index (κ1) is 22.3. The van der Waals surface area contributed by atoms with Crippen LogP contribution < -0.4 is 10.0 Å². The van der Waals surface area contributed by atoms with E-state index in [0.717, 1.165) is 17.2 Å². The molecule has 10 heteroatoms. The Balaban J connectivity index is 1.91. The van der Waals surface area contributed by atoms with Gasteiger partial charge in [0.25, 0.3) is 21.6 Å². The number of benzene rings is 3. The van der Waals surface area contributed by atoms with Crippen LogP contribution in [0.4, 0.5) is 17.1 Å². The first-order chi connectivity index (χ1) is 14.6. The molecule has 0 radical (unpaired) electrons. The normalized spacial score (nSPS) is 11.1. The molecule has 0 aliphatic carbocycles. The summed E-state index contributed by atoms with van der Waals surface area (Å²) in [5, 5.41) is 13.5. The Morgan fingerprint density at radius 1 is 1.00 bits per heavy atom. The van der Waals surface area contributed by atoms with Crippen LogP contribution in [0.1, 0.15) is 21.5 Å². The zero-order chi connectivity index (χ0) is 22.8. The number of anilines is 2. The molecule has 0 aromatic heterocycles. The molecule has 0 heterocycles. The van der Waals surface area contributed by atoms with E-state index in [9.17, 15) is 23.3 Å². The summed E-state index contributed by atoms with van der Waals surface area (Å²) in [6.07, 6.45) is 0. The van der Waals surface area contributed by atoms with Gasteiger partial charge in [0.2, 0.25) is 0 Å². The lowest BCUT2D eigenvalue weighted by atomic mass is 10.1. The first-order valence-electron chi connectivity index (χ1n) is 9.03. The maximum Gasteiger partial charge on any atom is 0.292 e. The molecule has 3 aromatic carbocycles. The molecule has 3 aromatic rings. The van der Waals surface area contributed by atoms with Crippen molar-refractivity contribution in [1.82, 2.24) is 0 Å². The number of nitrogens with one attached hydrogen (secondary N) is 2. The van der Waals surface area contributed by atoms with E-state index in [4.69, 9.17) is 11.6 Å². The Morgan fingerprint density at radius 3 is 2.39 bits per heavy atom. The highest BCUT2D eigenvalue weighted by Gasteiger charge is 2.22. The van der Waals surface area contributed by atoms with Crippen molar-refractivity contribution in [1.29, 1.82) is 0 Å². The number of carbonyl (C=O) groups is 1. The lowest BCUT2D eigenvalue weighted by Gasteiger charge is -2.12. The molecule has 8 nitrogen and oxygen atoms in total. The minimum Gasteiger partial charge on any atom is -0.316 e. The monoisotopic (exact) mass is 459 g/mol. The molecule has 0 bridgehead atoms. The number of halogens is 1. The SMILES string of the molecule is Cc1ccc(NS(=O)(=O)c2cc(C(=O)Nc3ccccc3[N+](=O)[O-])ccc2Cl)cc1C. The van der Waals surface area contributed by atoms with Crippen molar-refractivity contribution in [2.45, 2.75) is 18.7 Å². The molecular formula is C21H18ClN3O5S. The highest BCUT2D eigenvalue weighted by atomic mass is 35.5. The molecule has 0 aliphatic rings. The summed E-state index contributed by atoms with van der Waals surface area (Å²) in [4.78, 5) is 22.9. The van der Waals surface area contributed by atoms with E-state index in [0.29, 0.717) is 5.69 Å². The number of carbonyl (C=O) groups excluding carboxylic acids is 1. The Morgan fingerprint density at radius 2 is 1.71 bits per heavy atom. The van der Waals surface area contributed by atoms with Crippen LogP contribution in [0.2, 0.25) is 5.02 Å². The van der Waals surface area contributed by atoms with Gasteiger partial charge in [-0.05, 0) is 61.4 Å². The fraction of sp³-hybridized carbons (Fsp3) is 0.0952. The van der Waals surface area contributed by atoms with Gasteiger partial charge in [-0.3, -0.25) is 19.6 Å². The molecule has 0 fully saturated rings. The van der Waals surface area contributed by atoms with Crippen LogP contribution in [-0.4, -0.2) is 19.2 Å². The average molecular weight is 460 g/mol. The van der Waals surface area contributed by atoms with E-state index in [-0.39, 0.29) is 26.9 Å². The Bertz CT molecular complexity index is 1290. The van der Waals surface area contributed by atoms with Gasteiger partial charge in [0, 0.05) is 17.3 Å². The standard InChI is InChI=1S/C21H18ClN3O5S/c1-13-7-9-16(11-14(13)2)24-31(29,30)20-12-15(8-10-17(20)22)21(26)23-18-5-3-4-6-19(18)25(27)28/h3-12,24H,1-2H3,(H,23,26). The maximum absolute atomic E-state index is 12.9. The molecular weight excluding hydrogens is 442 g/mol. The lowest BCUT2D eigenvalue weighted by Crippen LogP contribution is -2.17. The van der Waals surface area contributed by atoms with Crippen molar-refractivity contribution in [3.63, 3.8) is 0 Å². The van der Waals surface area contributed by atoms with Crippen molar-refractivity contribution in [2.75, 3.05) is 10.0 Å². The zero-order valence-corrected chi connectivity index (χ0v) is 18.1. The number of nitro benzene ring substituents is 1. The number of aryl methyl sites for hydroxylation is 2. The summed E-state index contributed by atoms with van der Waals surface area (Å²) in [7, 11) is -4.09. The van der Waals surface area contributed by atoms with Gasteiger partial charge in [-0.15, -0.1) is 0 Å². The molecule has 0 unspecified atom stereocenters. The number of sulfonamides is 1. The van der Waals surface area contributed by atoms with E-state index in [1.165, 1.54) is 36.4 Å². The van der Waals surface area contributed by atoms with Gasteiger partial charge in [-0.1, -0.05) is 29.8 Å². The third kappa shape index (κ3) is 5.01. The van der Waals surface area contributed by atoms with Gasteiger partial charge in [-0.25, -0.2) is 8.42 Å². The molecule has 160 valence electrons. The van der Waals surface area contributed by atoms with Crippen molar-refractivity contribution in [3.8, 4) is 0 Å². The quantitative estimate of drug-likeness (QED) is 0.400. The summed E-state index contributed by atoms with van der Waals surface area (Å²) in [6, 6.07) is 14.5. The second-order valence-electron chi connectivity index (χ2n) is 6.78. The second-order valence-corrected chi connectivity index (χ2v) is 8.84. The van der Waals surface area contributed by atoms with Gasteiger partial charge in [0.15, 0.2) is 0 Å². The first-order valence-corrected chi connectivity index (χ1v) is 10.9. The number of para-hydroxylation sites is 2. The number of hydrogen-bond donors (Lipinski definition) is 2. The predicted molar refractivity (Wildman–Crippen MR) is 119 cm³/mol. The highest BCUT2D eigenvalue weighted by molar-refractivity contribution is 7.92. The minimum atomic E-state index is -4.09. The van der Waals surface area contributed by atoms with Crippen molar-refractivity contribution in [2.24, 2.45) is 0 Å². The molecule has 3 rings (SSSR count). The van der Waals surface area contributed by atoms with Crippen molar-refractivity contribution in [3.05, 3.63) is 92.5 Å². The minimum absolute atomic E-state index is 0.00915. The summed E-state index contributed by atoms with van der Waals surface area (Å²) in [6.45, 7) is 3.76. The third-order valence-electron chi connectivity index (χ3n) is 4.59. The van der Waals surface area contributed by atoms with E-state index >= 15 is 0 Å². The van der Waals surface area contributed by atoms with Gasteiger partial charge in [0.05, 0.1) is 9.95 Å².